The number of methoxy groups -OCH3 is 1. The number of anilines is 1. The third kappa shape index (κ3) is 4.08. The highest BCUT2D eigenvalue weighted by molar-refractivity contribution is 5.80. The minimum Gasteiger partial charge on any atom is -0.493 e. The zero-order valence-corrected chi connectivity index (χ0v) is 18.0. The molecule has 2 aromatic carbocycles. The van der Waals surface area contributed by atoms with Crippen LogP contribution in [0.3, 0.4) is 0 Å². The van der Waals surface area contributed by atoms with E-state index < -0.39 is 0 Å². The number of rotatable bonds is 6. The van der Waals surface area contributed by atoms with Crippen molar-refractivity contribution >= 4 is 5.95 Å². The zero-order valence-electron chi connectivity index (χ0n) is 18.0. The van der Waals surface area contributed by atoms with Crippen molar-refractivity contribution in [1.29, 1.82) is 0 Å². The Morgan fingerprint density at radius 2 is 1.77 bits per heavy atom. The highest BCUT2D eigenvalue weighted by Crippen LogP contribution is 2.45. The van der Waals surface area contributed by atoms with Crippen molar-refractivity contribution in [3.05, 3.63) is 66.0 Å². The number of fused-ring (bicyclic) bond motifs is 3. The Kier molecular flexibility index (Phi) is 5.71. The van der Waals surface area contributed by atoms with E-state index in [1.165, 1.54) is 22.3 Å². The molecular weight excluding hydrogens is 388 g/mol. The van der Waals surface area contributed by atoms with Crippen LogP contribution in [0, 0.1) is 0 Å². The molecule has 6 heteroatoms. The number of nitrogens with zero attached hydrogens (tertiary/aromatic N) is 4. The molecule has 6 nitrogen and oxygen atoms in total. The lowest BCUT2D eigenvalue weighted by atomic mass is 9.90. The second-order valence-electron chi connectivity index (χ2n) is 8.06. The van der Waals surface area contributed by atoms with Crippen molar-refractivity contribution in [2.24, 2.45) is 0 Å². The Morgan fingerprint density at radius 1 is 0.968 bits per heavy atom. The normalized spacial score (nSPS) is 15.7. The highest BCUT2D eigenvalue weighted by atomic mass is 16.5. The molecule has 5 rings (SSSR count). The first-order chi connectivity index (χ1) is 15.3. The van der Waals surface area contributed by atoms with Gasteiger partial charge in [-0.1, -0.05) is 30.3 Å². The van der Waals surface area contributed by atoms with Gasteiger partial charge in [0.25, 0.3) is 0 Å². The maximum Gasteiger partial charge on any atom is 0.225 e. The molecule has 2 aliphatic heterocycles. The van der Waals surface area contributed by atoms with Crippen LogP contribution >= 0.6 is 0 Å². The summed E-state index contributed by atoms with van der Waals surface area (Å²) in [6, 6.07) is 14.6. The van der Waals surface area contributed by atoms with Crippen LogP contribution in [0.2, 0.25) is 0 Å². The van der Waals surface area contributed by atoms with Crippen LogP contribution in [0.4, 0.5) is 5.95 Å². The van der Waals surface area contributed by atoms with Gasteiger partial charge in [0.2, 0.25) is 5.95 Å². The van der Waals surface area contributed by atoms with Crippen molar-refractivity contribution in [3.63, 3.8) is 0 Å². The molecule has 1 fully saturated rings. The molecule has 0 aliphatic carbocycles. The molecule has 0 unspecified atom stereocenters. The summed E-state index contributed by atoms with van der Waals surface area (Å²) in [4.78, 5) is 13.6. The third-order valence-electron chi connectivity index (χ3n) is 6.21. The Morgan fingerprint density at radius 3 is 2.58 bits per heavy atom. The topological polar surface area (TPSA) is 50.7 Å². The SMILES string of the molecule is COc1ccc(CCCN2CCN(c3ncccn3)CC2)c2c1OCc1ccccc1-2. The summed E-state index contributed by atoms with van der Waals surface area (Å²) in [6.45, 7) is 5.73. The minimum atomic E-state index is 0.596. The molecule has 1 saturated heterocycles. The Balaban J connectivity index is 1.24. The van der Waals surface area contributed by atoms with Crippen molar-refractivity contribution in [2.75, 3.05) is 44.7 Å². The summed E-state index contributed by atoms with van der Waals surface area (Å²) in [5.41, 5.74) is 5.05. The van der Waals surface area contributed by atoms with Gasteiger partial charge < -0.3 is 14.4 Å². The Bertz CT molecular complexity index is 1030. The first-order valence-electron chi connectivity index (χ1n) is 11.0. The van der Waals surface area contributed by atoms with Crippen LogP contribution in [0.15, 0.2) is 54.9 Å². The molecule has 0 bridgehead atoms. The fourth-order valence-electron chi connectivity index (χ4n) is 4.57. The van der Waals surface area contributed by atoms with E-state index in [9.17, 15) is 0 Å². The molecule has 0 amide bonds. The van der Waals surface area contributed by atoms with Crippen molar-refractivity contribution in [3.8, 4) is 22.6 Å². The number of ether oxygens (including phenoxy) is 2. The van der Waals surface area contributed by atoms with Crippen molar-refractivity contribution in [1.82, 2.24) is 14.9 Å². The molecule has 0 spiro atoms. The Hall–Kier alpha value is -3.12. The fourth-order valence-corrected chi connectivity index (χ4v) is 4.57. The number of benzene rings is 2. The number of hydrogen-bond acceptors (Lipinski definition) is 6. The van der Waals surface area contributed by atoms with E-state index in [2.05, 4.69) is 50.1 Å². The van der Waals surface area contributed by atoms with Gasteiger partial charge in [-0.05, 0) is 48.2 Å². The van der Waals surface area contributed by atoms with Crippen LogP contribution in [0.1, 0.15) is 17.5 Å². The molecule has 0 N–H and O–H groups in total. The van der Waals surface area contributed by atoms with E-state index in [-0.39, 0.29) is 0 Å². The van der Waals surface area contributed by atoms with E-state index in [1.54, 1.807) is 7.11 Å². The highest BCUT2D eigenvalue weighted by Gasteiger charge is 2.24. The van der Waals surface area contributed by atoms with E-state index in [1.807, 2.05) is 24.5 Å². The predicted molar refractivity (Wildman–Crippen MR) is 122 cm³/mol. The second-order valence-corrected chi connectivity index (χ2v) is 8.06. The lowest BCUT2D eigenvalue weighted by Gasteiger charge is -2.34. The maximum absolute atomic E-state index is 6.11. The van der Waals surface area contributed by atoms with E-state index in [0.717, 1.165) is 63.0 Å². The Labute approximate surface area is 183 Å². The summed E-state index contributed by atoms with van der Waals surface area (Å²) in [5.74, 6) is 2.54. The van der Waals surface area contributed by atoms with Gasteiger partial charge in [-0.2, -0.15) is 0 Å². The maximum atomic E-state index is 6.11. The van der Waals surface area contributed by atoms with Crippen LogP contribution < -0.4 is 14.4 Å². The quantitative estimate of drug-likeness (QED) is 0.609. The van der Waals surface area contributed by atoms with Gasteiger partial charge in [0.1, 0.15) is 6.61 Å². The summed E-state index contributed by atoms with van der Waals surface area (Å²) >= 11 is 0. The number of aromatic nitrogens is 2. The molecule has 2 aliphatic rings. The van der Waals surface area contributed by atoms with E-state index >= 15 is 0 Å². The number of aryl methyl sites for hydroxylation is 1. The van der Waals surface area contributed by atoms with E-state index in [4.69, 9.17) is 9.47 Å². The molecule has 160 valence electrons. The second kappa shape index (κ2) is 8.94. The van der Waals surface area contributed by atoms with Crippen LogP contribution in [0.5, 0.6) is 11.5 Å². The summed E-state index contributed by atoms with van der Waals surface area (Å²) in [5, 5.41) is 0. The van der Waals surface area contributed by atoms with Gasteiger partial charge in [0.05, 0.1) is 7.11 Å². The first-order valence-corrected chi connectivity index (χ1v) is 11.0. The standard InChI is InChI=1S/C25H28N4O2/c1-30-22-10-9-19(23-21-8-3-2-6-20(21)18-31-24(22)23)7-4-13-28-14-16-29(17-15-28)25-26-11-5-12-27-25/h2-3,5-6,8-12H,4,7,13-18H2,1H3. The van der Waals surface area contributed by atoms with Crippen LogP contribution in [-0.2, 0) is 13.0 Å². The van der Waals surface area contributed by atoms with E-state index in [0.29, 0.717) is 6.61 Å². The molecule has 3 aromatic rings. The van der Waals surface area contributed by atoms with Crippen LogP contribution in [0.25, 0.3) is 11.1 Å². The average molecular weight is 417 g/mol. The van der Waals surface area contributed by atoms with Gasteiger partial charge in [0, 0.05) is 44.1 Å². The molecule has 0 radical (unpaired) electrons. The lowest BCUT2D eigenvalue weighted by molar-refractivity contribution is 0.253. The summed E-state index contributed by atoms with van der Waals surface area (Å²) in [6.07, 6.45) is 5.76. The molecule has 1 aromatic heterocycles. The third-order valence-corrected chi connectivity index (χ3v) is 6.21. The molecule has 0 atom stereocenters. The molecule has 31 heavy (non-hydrogen) atoms. The first kappa shape index (κ1) is 19.8. The van der Waals surface area contributed by atoms with Crippen LogP contribution in [-0.4, -0.2) is 54.7 Å². The minimum absolute atomic E-state index is 0.596. The van der Waals surface area contributed by atoms with Crippen molar-refractivity contribution < 1.29 is 9.47 Å². The van der Waals surface area contributed by atoms with Gasteiger partial charge in [-0.25, -0.2) is 9.97 Å². The molecule has 0 saturated carbocycles. The van der Waals surface area contributed by atoms with Gasteiger partial charge in [-0.3, -0.25) is 4.90 Å². The number of hydrogen-bond donors (Lipinski definition) is 0. The smallest absolute Gasteiger partial charge is 0.225 e. The van der Waals surface area contributed by atoms with Crippen molar-refractivity contribution in [2.45, 2.75) is 19.4 Å². The van der Waals surface area contributed by atoms with Gasteiger partial charge in [0.15, 0.2) is 11.5 Å². The average Bonchev–Trinajstić information content (AvgIpc) is 2.84. The monoisotopic (exact) mass is 416 g/mol. The molecular formula is C25H28N4O2. The van der Waals surface area contributed by atoms with Gasteiger partial charge >= 0.3 is 0 Å². The largest absolute Gasteiger partial charge is 0.493 e. The fraction of sp³-hybridized carbons (Fsp3) is 0.360. The predicted octanol–water partition coefficient (Wildman–Crippen LogP) is 3.80. The lowest BCUT2D eigenvalue weighted by Crippen LogP contribution is -2.47. The van der Waals surface area contributed by atoms with Gasteiger partial charge in [-0.15, -0.1) is 0 Å². The molecule has 3 heterocycles. The summed E-state index contributed by atoms with van der Waals surface area (Å²) < 4.78 is 11.7. The zero-order chi connectivity index (χ0) is 21.0. The number of piperazine rings is 1. The summed E-state index contributed by atoms with van der Waals surface area (Å²) in [7, 11) is 1.71.